The number of hydrogen-bond acceptors (Lipinski definition) is 1. The van der Waals surface area contributed by atoms with Crippen molar-refractivity contribution in [1.29, 1.82) is 0 Å². The van der Waals surface area contributed by atoms with Gasteiger partial charge in [-0.3, -0.25) is 0 Å². The molecule has 0 fully saturated rings. The van der Waals surface area contributed by atoms with E-state index in [0.29, 0.717) is 0 Å². The minimum atomic E-state index is -0.482. The summed E-state index contributed by atoms with van der Waals surface area (Å²) in [5.74, 6) is -1.88. The summed E-state index contributed by atoms with van der Waals surface area (Å²) in [5.41, 5.74) is 9.10. The number of benzene rings is 8. The second kappa shape index (κ2) is 13.9. The van der Waals surface area contributed by atoms with Gasteiger partial charge in [-0.2, -0.15) is 0 Å². The standard InChI is InChI=1S/C50H33F4N3/c51-36-16-22-45(53)34(26-36)30-55-47-12-6-4-10-41(47)43-28-39(20-24-49(43)55)57(38-18-14-33(15-19-38)32-8-2-1-3-9-32)40-21-25-50-44(29-40)42-11-5-7-13-48(42)56(50)31-35-27-37(52)17-23-46(35)54/h1-29H,30-31H2. The second-order valence-corrected chi connectivity index (χ2v) is 14.3. The van der Waals surface area contributed by atoms with Crippen molar-refractivity contribution in [3.05, 3.63) is 210 Å². The van der Waals surface area contributed by atoms with E-state index >= 15 is 0 Å². The molecule has 0 N–H and O–H groups in total. The van der Waals surface area contributed by atoms with E-state index in [1.165, 1.54) is 24.3 Å². The first kappa shape index (κ1) is 34.4. The van der Waals surface area contributed by atoms with Crippen LogP contribution in [0.3, 0.4) is 0 Å². The molecule has 276 valence electrons. The first-order valence-electron chi connectivity index (χ1n) is 18.7. The zero-order valence-electron chi connectivity index (χ0n) is 30.5. The van der Waals surface area contributed by atoms with E-state index in [0.717, 1.165) is 83.9 Å². The lowest BCUT2D eigenvalue weighted by Gasteiger charge is -2.26. The van der Waals surface area contributed by atoms with Crippen LogP contribution >= 0.6 is 0 Å². The maximum atomic E-state index is 15.0. The highest BCUT2D eigenvalue weighted by Crippen LogP contribution is 2.42. The fourth-order valence-corrected chi connectivity index (χ4v) is 8.25. The Balaban J connectivity index is 1.15. The van der Waals surface area contributed by atoms with Gasteiger partial charge in [0.05, 0.1) is 13.1 Å². The number of para-hydroxylation sites is 2. The van der Waals surface area contributed by atoms with E-state index < -0.39 is 23.3 Å². The van der Waals surface area contributed by atoms with Gasteiger partial charge in [-0.25, -0.2) is 17.6 Å². The monoisotopic (exact) mass is 751 g/mol. The normalized spacial score (nSPS) is 11.6. The van der Waals surface area contributed by atoms with E-state index in [-0.39, 0.29) is 24.2 Å². The van der Waals surface area contributed by atoms with Gasteiger partial charge in [-0.15, -0.1) is 0 Å². The third-order valence-electron chi connectivity index (χ3n) is 10.9. The summed E-state index contributed by atoms with van der Waals surface area (Å²) in [4.78, 5) is 2.21. The molecule has 0 aliphatic heterocycles. The van der Waals surface area contributed by atoms with Gasteiger partial charge in [0.25, 0.3) is 0 Å². The van der Waals surface area contributed by atoms with Crippen molar-refractivity contribution in [2.24, 2.45) is 0 Å². The van der Waals surface area contributed by atoms with E-state index in [9.17, 15) is 17.6 Å². The average molecular weight is 752 g/mol. The van der Waals surface area contributed by atoms with Gasteiger partial charge in [-0.1, -0.05) is 78.9 Å². The molecule has 0 saturated heterocycles. The number of halogens is 4. The highest BCUT2D eigenvalue weighted by Gasteiger charge is 2.20. The van der Waals surface area contributed by atoms with Crippen LogP contribution in [-0.4, -0.2) is 9.13 Å². The van der Waals surface area contributed by atoms with Crippen molar-refractivity contribution in [3.63, 3.8) is 0 Å². The van der Waals surface area contributed by atoms with E-state index in [1.807, 2.05) is 75.9 Å². The van der Waals surface area contributed by atoms with Crippen LogP contribution in [0.1, 0.15) is 11.1 Å². The summed E-state index contributed by atoms with van der Waals surface area (Å²) < 4.78 is 62.6. The minimum absolute atomic E-state index is 0.165. The molecule has 0 radical (unpaired) electrons. The Labute approximate surface area is 325 Å². The fraction of sp³-hybridized carbons (Fsp3) is 0.0400. The topological polar surface area (TPSA) is 13.1 Å². The van der Waals surface area contributed by atoms with Gasteiger partial charge in [0.2, 0.25) is 0 Å². The molecule has 10 aromatic rings. The highest BCUT2D eigenvalue weighted by molar-refractivity contribution is 6.11. The lowest BCUT2D eigenvalue weighted by molar-refractivity contribution is 0.580. The van der Waals surface area contributed by atoms with Crippen molar-refractivity contribution >= 4 is 60.7 Å². The Bertz CT molecular complexity index is 2960. The van der Waals surface area contributed by atoms with Crippen molar-refractivity contribution in [3.8, 4) is 11.1 Å². The molecular formula is C50H33F4N3. The molecule has 0 unspecified atom stereocenters. The maximum Gasteiger partial charge on any atom is 0.128 e. The molecule has 0 atom stereocenters. The van der Waals surface area contributed by atoms with Crippen LogP contribution in [0.15, 0.2) is 176 Å². The summed E-state index contributed by atoms with van der Waals surface area (Å²) in [7, 11) is 0. The SMILES string of the molecule is Fc1ccc(F)c(Cn2c3ccccc3c3cc(N(c4ccc(-c5ccccc5)cc4)c4ccc5c(c4)c4ccccc4n5Cc4cc(F)ccc4F)ccc32)c1. The Morgan fingerprint density at radius 3 is 1.28 bits per heavy atom. The molecule has 8 aromatic carbocycles. The molecule has 0 bridgehead atoms. The van der Waals surface area contributed by atoms with Crippen LogP contribution in [0, 0.1) is 23.3 Å². The summed E-state index contributed by atoms with van der Waals surface area (Å²) in [6.07, 6.45) is 0. The molecule has 0 aliphatic carbocycles. The first-order valence-corrected chi connectivity index (χ1v) is 18.7. The van der Waals surface area contributed by atoms with Crippen molar-refractivity contribution in [1.82, 2.24) is 9.13 Å². The van der Waals surface area contributed by atoms with Crippen molar-refractivity contribution < 1.29 is 17.6 Å². The van der Waals surface area contributed by atoms with Crippen molar-refractivity contribution in [2.75, 3.05) is 4.90 Å². The van der Waals surface area contributed by atoms with Crippen LogP contribution in [-0.2, 0) is 13.1 Å². The Morgan fingerprint density at radius 2 is 0.772 bits per heavy atom. The zero-order valence-corrected chi connectivity index (χ0v) is 30.5. The van der Waals surface area contributed by atoms with Crippen LogP contribution < -0.4 is 4.90 Å². The molecule has 2 heterocycles. The van der Waals surface area contributed by atoms with Gasteiger partial charge < -0.3 is 14.0 Å². The minimum Gasteiger partial charge on any atom is -0.336 e. The number of rotatable bonds is 8. The molecule has 2 aromatic heterocycles. The molecule has 0 amide bonds. The molecule has 7 heteroatoms. The molecule has 10 rings (SSSR count). The number of anilines is 3. The summed E-state index contributed by atoms with van der Waals surface area (Å²) in [6.45, 7) is 0.329. The van der Waals surface area contributed by atoms with E-state index in [2.05, 4.69) is 77.7 Å². The second-order valence-electron chi connectivity index (χ2n) is 14.3. The molecule has 3 nitrogen and oxygen atoms in total. The maximum absolute atomic E-state index is 15.0. The van der Waals surface area contributed by atoms with Crippen LogP contribution in [0.4, 0.5) is 34.6 Å². The Hall–Kier alpha value is -7.12. The molecular weight excluding hydrogens is 719 g/mol. The van der Waals surface area contributed by atoms with Crippen LogP contribution in [0.2, 0.25) is 0 Å². The highest BCUT2D eigenvalue weighted by atomic mass is 19.1. The summed E-state index contributed by atoms with van der Waals surface area (Å²) in [5, 5.41) is 3.93. The molecule has 57 heavy (non-hydrogen) atoms. The van der Waals surface area contributed by atoms with Crippen LogP contribution in [0.5, 0.6) is 0 Å². The van der Waals surface area contributed by atoms with E-state index in [1.54, 1.807) is 0 Å². The zero-order chi connectivity index (χ0) is 38.6. The number of hydrogen-bond donors (Lipinski definition) is 0. The van der Waals surface area contributed by atoms with Crippen LogP contribution in [0.25, 0.3) is 54.7 Å². The predicted octanol–water partition coefficient (Wildman–Crippen LogP) is 13.7. The van der Waals surface area contributed by atoms with Gasteiger partial charge >= 0.3 is 0 Å². The molecule has 0 spiro atoms. The van der Waals surface area contributed by atoms with Gasteiger partial charge in [0.1, 0.15) is 23.3 Å². The first-order chi connectivity index (χ1) is 27.9. The smallest absolute Gasteiger partial charge is 0.128 e. The quantitative estimate of drug-likeness (QED) is 0.141. The van der Waals surface area contributed by atoms with E-state index in [4.69, 9.17) is 0 Å². The number of aromatic nitrogens is 2. The fourth-order valence-electron chi connectivity index (χ4n) is 8.25. The lowest BCUT2D eigenvalue weighted by atomic mass is 10.0. The van der Waals surface area contributed by atoms with Crippen molar-refractivity contribution in [2.45, 2.75) is 13.1 Å². The van der Waals surface area contributed by atoms with Gasteiger partial charge in [-0.05, 0) is 108 Å². The average Bonchev–Trinajstić information content (AvgIpc) is 3.72. The van der Waals surface area contributed by atoms with Gasteiger partial charge in [0.15, 0.2) is 0 Å². The largest absolute Gasteiger partial charge is 0.336 e. The number of nitrogens with zero attached hydrogens (tertiary/aromatic N) is 3. The molecule has 0 aliphatic rings. The summed E-state index contributed by atoms with van der Waals surface area (Å²) >= 11 is 0. The Kier molecular flexibility index (Phi) is 8.37. The Morgan fingerprint density at radius 1 is 0.351 bits per heavy atom. The third-order valence-corrected chi connectivity index (χ3v) is 10.9. The summed E-state index contributed by atoms with van der Waals surface area (Å²) in [6, 6.07) is 54.4. The lowest BCUT2D eigenvalue weighted by Crippen LogP contribution is -2.10. The van der Waals surface area contributed by atoms with Gasteiger partial charge in [0, 0.05) is 71.8 Å². The predicted molar refractivity (Wildman–Crippen MR) is 223 cm³/mol. The number of fused-ring (bicyclic) bond motifs is 6. The molecule has 0 saturated carbocycles. The third kappa shape index (κ3) is 6.08.